The van der Waals surface area contributed by atoms with Crippen molar-refractivity contribution in [3.63, 3.8) is 0 Å². The van der Waals surface area contributed by atoms with E-state index in [4.69, 9.17) is 0 Å². The third-order valence-corrected chi connectivity index (χ3v) is 3.51. The summed E-state index contributed by atoms with van der Waals surface area (Å²) in [6.07, 6.45) is 3.93. The average molecular weight is 261 g/mol. The maximum atomic E-state index is 12.3. The van der Waals surface area contributed by atoms with Crippen molar-refractivity contribution in [3.05, 3.63) is 24.0 Å². The van der Waals surface area contributed by atoms with Crippen LogP contribution in [0.2, 0.25) is 0 Å². The van der Waals surface area contributed by atoms with E-state index in [0.717, 1.165) is 37.5 Å². The van der Waals surface area contributed by atoms with Gasteiger partial charge in [-0.2, -0.15) is 0 Å². The Morgan fingerprint density at radius 3 is 2.58 bits per heavy atom. The molecule has 4 nitrogen and oxygen atoms in total. The van der Waals surface area contributed by atoms with Crippen LogP contribution in [0.1, 0.15) is 44.1 Å². The van der Waals surface area contributed by atoms with Gasteiger partial charge in [-0.1, -0.05) is 6.92 Å². The predicted octanol–water partition coefficient (Wildman–Crippen LogP) is 2.77. The van der Waals surface area contributed by atoms with Gasteiger partial charge in [0, 0.05) is 19.1 Å². The topological polar surface area (TPSA) is 45.2 Å². The summed E-state index contributed by atoms with van der Waals surface area (Å²) in [7, 11) is 0. The molecular formula is C15H23N3O. The van der Waals surface area contributed by atoms with Crippen LogP contribution < -0.4 is 5.32 Å². The van der Waals surface area contributed by atoms with Gasteiger partial charge in [-0.05, 0) is 44.7 Å². The summed E-state index contributed by atoms with van der Waals surface area (Å²) in [6, 6.07) is 4.10. The Balaban J connectivity index is 1.99. The minimum absolute atomic E-state index is 0.0583. The minimum Gasteiger partial charge on any atom is -0.382 e. The van der Waals surface area contributed by atoms with Crippen molar-refractivity contribution >= 4 is 11.6 Å². The molecule has 0 atom stereocenters. The first kappa shape index (κ1) is 13.8. The average Bonchev–Trinajstić information content (AvgIpc) is 2.39. The van der Waals surface area contributed by atoms with E-state index in [1.54, 1.807) is 6.20 Å². The van der Waals surface area contributed by atoms with E-state index in [2.05, 4.69) is 31.1 Å². The molecule has 2 heterocycles. The molecule has 0 radical (unpaired) electrons. The predicted molar refractivity (Wildman–Crippen MR) is 77.3 cm³/mol. The van der Waals surface area contributed by atoms with E-state index in [1.165, 1.54) is 0 Å². The van der Waals surface area contributed by atoms with Crippen molar-refractivity contribution in [1.82, 2.24) is 9.88 Å². The van der Waals surface area contributed by atoms with Gasteiger partial charge < -0.3 is 10.2 Å². The lowest BCUT2D eigenvalue weighted by Crippen LogP contribution is -2.38. The van der Waals surface area contributed by atoms with Crippen LogP contribution in [0.25, 0.3) is 0 Å². The van der Waals surface area contributed by atoms with Crippen LogP contribution >= 0.6 is 0 Å². The first-order chi connectivity index (χ1) is 9.06. The Hall–Kier alpha value is -1.58. The molecular weight excluding hydrogens is 238 g/mol. The molecule has 1 saturated heterocycles. The highest BCUT2D eigenvalue weighted by Gasteiger charge is 2.22. The number of likely N-dealkylation sites (tertiary alicyclic amines) is 1. The van der Waals surface area contributed by atoms with Gasteiger partial charge in [-0.25, -0.2) is 4.98 Å². The van der Waals surface area contributed by atoms with E-state index >= 15 is 0 Å². The maximum absolute atomic E-state index is 12.3. The van der Waals surface area contributed by atoms with E-state index in [-0.39, 0.29) is 5.91 Å². The first-order valence-electron chi connectivity index (χ1n) is 7.08. The highest BCUT2D eigenvalue weighted by Crippen LogP contribution is 2.18. The highest BCUT2D eigenvalue weighted by molar-refractivity contribution is 5.92. The number of nitrogens with zero attached hydrogens (tertiary/aromatic N) is 2. The zero-order valence-electron chi connectivity index (χ0n) is 12.0. The van der Waals surface area contributed by atoms with E-state index in [9.17, 15) is 4.79 Å². The second-order valence-corrected chi connectivity index (χ2v) is 5.71. The van der Waals surface area contributed by atoms with Gasteiger partial charge >= 0.3 is 0 Å². The second-order valence-electron chi connectivity index (χ2n) is 5.71. The molecule has 1 amide bonds. The van der Waals surface area contributed by atoms with Crippen molar-refractivity contribution in [1.29, 1.82) is 0 Å². The maximum Gasteiger partial charge on any atom is 0.272 e. The zero-order chi connectivity index (χ0) is 13.8. The fourth-order valence-corrected chi connectivity index (χ4v) is 2.31. The normalized spacial score (nSPS) is 16.7. The quantitative estimate of drug-likeness (QED) is 0.910. The van der Waals surface area contributed by atoms with Crippen molar-refractivity contribution in [2.75, 3.05) is 18.4 Å². The van der Waals surface area contributed by atoms with E-state index < -0.39 is 0 Å². The monoisotopic (exact) mass is 261 g/mol. The largest absolute Gasteiger partial charge is 0.382 e. The van der Waals surface area contributed by atoms with Crippen molar-refractivity contribution in [3.8, 4) is 0 Å². The Bertz CT molecular complexity index is 420. The number of amides is 1. The molecule has 0 saturated carbocycles. The van der Waals surface area contributed by atoms with Crippen LogP contribution in [-0.4, -0.2) is 34.9 Å². The number of pyridine rings is 1. The summed E-state index contributed by atoms with van der Waals surface area (Å²) < 4.78 is 0. The zero-order valence-corrected chi connectivity index (χ0v) is 12.0. The molecule has 0 spiro atoms. The molecule has 4 heteroatoms. The van der Waals surface area contributed by atoms with Crippen molar-refractivity contribution < 1.29 is 4.79 Å². The fourth-order valence-electron chi connectivity index (χ4n) is 2.31. The Morgan fingerprint density at radius 1 is 1.37 bits per heavy atom. The lowest BCUT2D eigenvalue weighted by molar-refractivity contribution is 0.0691. The number of nitrogens with one attached hydrogen (secondary N) is 1. The van der Waals surface area contributed by atoms with Gasteiger partial charge in [0.15, 0.2) is 0 Å². The highest BCUT2D eigenvalue weighted by atomic mass is 16.2. The Morgan fingerprint density at radius 2 is 2.05 bits per heavy atom. The van der Waals surface area contributed by atoms with Crippen molar-refractivity contribution in [2.45, 2.75) is 39.7 Å². The summed E-state index contributed by atoms with van der Waals surface area (Å²) in [5, 5.41) is 3.27. The number of hydrogen-bond donors (Lipinski definition) is 1. The molecule has 0 unspecified atom stereocenters. The lowest BCUT2D eigenvalue weighted by atomic mass is 9.99. The molecule has 1 fully saturated rings. The fraction of sp³-hybridized carbons (Fsp3) is 0.600. The van der Waals surface area contributed by atoms with Gasteiger partial charge in [0.2, 0.25) is 0 Å². The molecule has 104 valence electrons. The summed E-state index contributed by atoms with van der Waals surface area (Å²) in [5.41, 5.74) is 1.50. The second kappa shape index (κ2) is 6.04. The molecule has 1 aromatic heterocycles. The van der Waals surface area contributed by atoms with Gasteiger partial charge in [-0.3, -0.25) is 4.79 Å². The Kier molecular flexibility index (Phi) is 4.40. The molecule has 1 aliphatic rings. The Labute approximate surface area is 115 Å². The van der Waals surface area contributed by atoms with Crippen LogP contribution in [0.15, 0.2) is 18.3 Å². The first-order valence-corrected chi connectivity index (χ1v) is 7.08. The molecule has 1 N–H and O–H groups in total. The standard InChI is InChI=1S/C15H23N3O/c1-11(2)17-13-4-5-14(16-10-13)15(19)18-8-6-12(3)7-9-18/h4-5,10-12,17H,6-9H2,1-3H3. The number of aromatic nitrogens is 1. The molecule has 1 aliphatic heterocycles. The molecule has 0 bridgehead atoms. The van der Waals surface area contributed by atoms with Crippen LogP contribution in [-0.2, 0) is 0 Å². The van der Waals surface area contributed by atoms with Crippen LogP contribution in [0, 0.1) is 5.92 Å². The molecule has 0 aliphatic carbocycles. The number of anilines is 1. The summed E-state index contributed by atoms with van der Waals surface area (Å²) in [5.74, 6) is 0.789. The van der Waals surface area contributed by atoms with Gasteiger partial charge in [0.25, 0.3) is 5.91 Å². The van der Waals surface area contributed by atoms with Gasteiger partial charge in [-0.15, -0.1) is 0 Å². The minimum atomic E-state index is 0.0583. The molecule has 19 heavy (non-hydrogen) atoms. The van der Waals surface area contributed by atoms with Crippen LogP contribution in [0.3, 0.4) is 0 Å². The molecule has 0 aromatic carbocycles. The van der Waals surface area contributed by atoms with Crippen molar-refractivity contribution in [2.24, 2.45) is 5.92 Å². The molecule has 2 rings (SSSR count). The smallest absolute Gasteiger partial charge is 0.272 e. The van der Waals surface area contributed by atoms with Crippen LogP contribution in [0.5, 0.6) is 0 Å². The number of piperidine rings is 1. The third kappa shape index (κ3) is 3.69. The van der Waals surface area contributed by atoms with E-state index in [1.807, 2.05) is 17.0 Å². The lowest BCUT2D eigenvalue weighted by Gasteiger charge is -2.30. The summed E-state index contributed by atoms with van der Waals surface area (Å²) in [4.78, 5) is 18.5. The number of hydrogen-bond acceptors (Lipinski definition) is 3. The number of carbonyl (C=O) groups excluding carboxylic acids is 1. The number of rotatable bonds is 3. The SMILES string of the molecule is CC1CCN(C(=O)c2ccc(NC(C)C)cn2)CC1. The summed E-state index contributed by atoms with van der Waals surface area (Å²) >= 11 is 0. The number of carbonyl (C=O) groups is 1. The summed E-state index contributed by atoms with van der Waals surface area (Å²) in [6.45, 7) is 8.11. The van der Waals surface area contributed by atoms with E-state index in [0.29, 0.717) is 11.7 Å². The van der Waals surface area contributed by atoms with Gasteiger partial charge in [0.1, 0.15) is 5.69 Å². The molecule has 1 aromatic rings. The van der Waals surface area contributed by atoms with Crippen LogP contribution in [0.4, 0.5) is 5.69 Å². The third-order valence-electron chi connectivity index (χ3n) is 3.51. The van der Waals surface area contributed by atoms with Gasteiger partial charge in [0.05, 0.1) is 11.9 Å².